The van der Waals surface area contributed by atoms with E-state index in [1.165, 1.54) is 78.2 Å². The molecule has 0 saturated carbocycles. The summed E-state index contributed by atoms with van der Waals surface area (Å²) in [5.74, 6) is 1.92. The third-order valence-electron chi connectivity index (χ3n) is 13.0. The third-order valence-corrected chi connectivity index (χ3v) is 15.3. The highest BCUT2D eigenvalue weighted by molar-refractivity contribution is 7.26. The van der Waals surface area contributed by atoms with Gasteiger partial charge in [0.25, 0.3) is 0 Å². The summed E-state index contributed by atoms with van der Waals surface area (Å²) in [6.45, 7) is 0. The van der Waals surface area contributed by atoms with Gasteiger partial charge in [-0.2, -0.15) is 0 Å². The van der Waals surface area contributed by atoms with Gasteiger partial charge >= 0.3 is 0 Å². The molecule has 4 nitrogen and oxygen atoms in total. The number of hydrogen-bond acceptors (Lipinski definition) is 5. The van der Waals surface area contributed by atoms with Crippen molar-refractivity contribution in [2.24, 2.45) is 0 Å². The first-order valence-electron chi connectivity index (χ1n) is 21.8. The van der Waals surface area contributed by atoms with Crippen molar-refractivity contribution in [3.05, 3.63) is 206 Å². The predicted molar refractivity (Wildman–Crippen MR) is 277 cm³/mol. The summed E-state index contributed by atoms with van der Waals surface area (Å²) in [5.41, 5.74) is 8.54. The number of nitrogens with zero attached hydrogens (tertiary/aromatic N) is 4. The van der Waals surface area contributed by atoms with Gasteiger partial charge in [-0.15, -0.1) is 22.7 Å². The van der Waals surface area contributed by atoms with Crippen molar-refractivity contribution in [1.82, 2.24) is 19.5 Å². The van der Waals surface area contributed by atoms with Crippen molar-refractivity contribution in [1.29, 1.82) is 0 Å². The molecular weight excluding hydrogens is 829 g/mol. The summed E-state index contributed by atoms with van der Waals surface area (Å²) in [5, 5.41) is 12.3. The second kappa shape index (κ2) is 14.2. The molecule has 0 saturated heterocycles. The maximum absolute atomic E-state index is 5.41. The van der Waals surface area contributed by atoms with Gasteiger partial charge in [0.1, 0.15) is 0 Å². The van der Waals surface area contributed by atoms with Crippen LogP contribution in [-0.2, 0) is 0 Å². The lowest BCUT2D eigenvalue weighted by Crippen LogP contribution is -2.02. The molecule has 6 heteroatoms. The number of fused-ring (bicyclic) bond motifs is 11. The van der Waals surface area contributed by atoms with E-state index >= 15 is 0 Å². The second-order valence-corrected chi connectivity index (χ2v) is 18.9. The first-order valence-corrected chi connectivity index (χ1v) is 23.5. The molecule has 0 spiro atoms. The fraction of sp³-hybridized carbons (Fsp3) is 0. The Kier molecular flexibility index (Phi) is 7.99. The summed E-state index contributed by atoms with van der Waals surface area (Å²) in [4.78, 5) is 16.0. The van der Waals surface area contributed by atoms with Gasteiger partial charge in [0, 0.05) is 73.4 Å². The summed E-state index contributed by atoms with van der Waals surface area (Å²) < 4.78 is 7.45. The van der Waals surface area contributed by atoms with Crippen molar-refractivity contribution in [3.63, 3.8) is 0 Å². The number of hydrogen-bond donors (Lipinski definition) is 0. The molecule has 0 aliphatic heterocycles. The molecular formula is C59H34N4S2. The van der Waals surface area contributed by atoms with E-state index in [-0.39, 0.29) is 0 Å². The Hall–Kier alpha value is -8.03. The minimum absolute atomic E-state index is 0.625. The first kappa shape index (κ1) is 36.5. The standard InChI is InChI=1S/C59H34N4S2/c1-2-14-35(15-3-1)57-60-58(62-59(61-57)44-23-13-27-53-56(44)43-21-9-11-25-51(43)64-53)40-28-29-49(63-48-24-10-8-20-41(48)45-30-36-16-4-6-18-38(36)33-50(45)63)46(32-40)42-22-12-26-52-55(42)47-31-37-17-5-7-19-39(37)34-54(47)65-52/h1-34H. The maximum atomic E-state index is 5.41. The van der Waals surface area contributed by atoms with E-state index in [1.807, 2.05) is 29.5 Å². The summed E-state index contributed by atoms with van der Waals surface area (Å²) in [7, 11) is 0. The van der Waals surface area contributed by atoms with E-state index in [2.05, 4.69) is 193 Å². The Morgan fingerprint density at radius 3 is 1.66 bits per heavy atom. The highest BCUT2D eigenvalue weighted by atomic mass is 32.1. The number of para-hydroxylation sites is 1. The van der Waals surface area contributed by atoms with Gasteiger partial charge in [-0.05, 0) is 93.8 Å². The lowest BCUT2D eigenvalue weighted by molar-refractivity contribution is 1.08. The lowest BCUT2D eigenvalue weighted by atomic mass is 9.95. The number of aromatic nitrogens is 4. The number of thiophene rings is 2. The van der Waals surface area contributed by atoms with Gasteiger partial charge in [-0.3, -0.25) is 0 Å². The first-order chi connectivity index (χ1) is 32.2. The molecule has 0 unspecified atom stereocenters. The van der Waals surface area contributed by atoms with Crippen molar-refractivity contribution >= 4 is 106 Å². The van der Waals surface area contributed by atoms with E-state index in [9.17, 15) is 0 Å². The summed E-state index contributed by atoms with van der Waals surface area (Å²) in [6.07, 6.45) is 0. The zero-order chi connectivity index (χ0) is 42.6. The zero-order valence-corrected chi connectivity index (χ0v) is 36.4. The normalized spacial score (nSPS) is 12.0. The maximum Gasteiger partial charge on any atom is 0.164 e. The zero-order valence-electron chi connectivity index (χ0n) is 34.7. The van der Waals surface area contributed by atoms with E-state index < -0.39 is 0 Å². The van der Waals surface area contributed by atoms with Crippen LogP contribution < -0.4 is 0 Å². The van der Waals surface area contributed by atoms with Crippen LogP contribution >= 0.6 is 22.7 Å². The van der Waals surface area contributed by atoms with E-state index in [0.29, 0.717) is 17.5 Å². The SMILES string of the molecule is c1ccc(-c2nc(-c3ccc(-n4c5ccccc5c5cc6ccccc6cc54)c(-c4cccc5sc6cc7ccccc7cc6c45)c3)nc(-c3cccc4sc5ccccc5c34)n2)cc1. The van der Waals surface area contributed by atoms with Crippen molar-refractivity contribution in [2.75, 3.05) is 0 Å². The average molecular weight is 863 g/mol. The molecule has 14 aromatic rings. The Morgan fingerprint density at radius 2 is 0.877 bits per heavy atom. The molecule has 0 N–H and O–H groups in total. The fourth-order valence-corrected chi connectivity index (χ4v) is 12.3. The molecule has 0 aliphatic carbocycles. The van der Waals surface area contributed by atoms with Gasteiger partial charge in [0.2, 0.25) is 0 Å². The highest BCUT2D eigenvalue weighted by Crippen LogP contribution is 2.46. The van der Waals surface area contributed by atoms with Crippen LogP contribution in [0.1, 0.15) is 0 Å². The predicted octanol–water partition coefficient (Wildman–Crippen LogP) is 16.7. The minimum atomic E-state index is 0.625. The number of rotatable bonds is 5. The second-order valence-electron chi connectivity index (χ2n) is 16.7. The van der Waals surface area contributed by atoms with Gasteiger partial charge in [-0.25, -0.2) is 15.0 Å². The van der Waals surface area contributed by atoms with Crippen LogP contribution in [0.25, 0.3) is 135 Å². The lowest BCUT2D eigenvalue weighted by Gasteiger charge is -2.17. The Morgan fingerprint density at radius 1 is 0.308 bits per heavy atom. The molecule has 0 fully saturated rings. The monoisotopic (exact) mass is 862 g/mol. The Bertz CT molecular complexity index is 4250. The quantitative estimate of drug-likeness (QED) is 0.173. The van der Waals surface area contributed by atoms with Gasteiger partial charge in [0.05, 0.1) is 16.7 Å². The number of benzene rings is 10. The molecule has 65 heavy (non-hydrogen) atoms. The molecule has 0 aliphatic rings. The summed E-state index contributed by atoms with van der Waals surface area (Å²) >= 11 is 3.66. The van der Waals surface area contributed by atoms with Gasteiger partial charge in [-0.1, -0.05) is 140 Å². The van der Waals surface area contributed by atoms with Crippen molar-refractivity contribution < 1.29 is 0 Å². The topological polar surface area (TPSA) is 43.6 Å². The van der Waals surface area contributed by atoms with Gasteiger partial charge < -0.3 is 4.57 Å². The fourth-order valence-electron chi connectivity index (χ4n) is 10.0. The van der Waals surface area contributed by atoms with Crippen LogP contribution in [0, 0.1) is 0 Å². The van der Waals surface area contributed by atoms with E-state index in [4.69, 9.17) is 15.0 Å². The molecule has 10 aromatic carbocycles. The minimum Gasteiger partial charge on any atom is -0.309 e. The van der Waals surface area contributed by atoms with Crippen molar-refractivity contribution in [2.45, 2.75) is 0 Å². The van der Waals surface area contributed by atoms with Crippen LogP contribution in [-0.4, -0.2) is 19.5 Å². The molecule has 0 amide bonds. The average Bonchev–Trinajstić information content (AvgIpc) is 4.04. The van der Waals surface area contributed by atoms with E-state index in [1.54, 1.807) is 11.3 Å². The summed E-state index contributed by atoms with van der Waals surface area (Å²) in [6, 6.07) is 74.6. The van der Waals surface area contributed by atoms with Crippen LogP contribution in [0.4, 0.5) is 0 Å². The molecule has 4 heterocycles. The van der Waals surface area contributed by atoms with Crippen LogP contribution in [0.5, 0.6) is 0 Å². The molecule has 0 bridgehead atoms. The molecule has 4 aromatic heterocycles. The van der Waals surface area contributed by atoms with Crippen LogP contribution in [0.3, 0.4) is 0 Å². The Labute approximate surface area is 381 Å². The Balaban J connectivity index is 1.08. The smallest absolute Gasteiger partial charge is 0.164 e. The van der Waals surface area contributed by atoms with E-state index in [0.717, 1.165) is 39.0 Å². The molecule has 302 valence electrons. The van der Waals surface area contributed by atoms with Gasteiger partial charge in [0.15, 0.2) is 17.5 Å². The molecule has 0 atom stereocenters. The molecule has 0 radical (unpaired) electrons. The highest BCUT2D eigenvalue weighted by Gasteiger charge is 2.22. The third kappa shape index (κ3) is 5.71. The molecule has 14 rings (SSSR count). The van der Waals surface area contributed by atoms with Crippen LogP contribution in [0.15, 0.2) is 206 Å². The largest absolute Gasteiger partial charge is 0.309 e. The van der Waals surface area contributed by atoms with Crippen molar-refractivity contribution in [3.8, 4) is 51.0 Å². The van der Waals surface area contributed by atoms with Crippen LogP contribution in [0.2, 0.25) is 0 Å².